The average molecular weight is 561 g/mol. The van der Waals surface area contributed by atoms with Gasteiger partial charge in [0.1, 0.15) is 10.4 Å². The zero-order chi connectivity index (χ0) is 26.5. The summed E-state index contributed by atoms with van der Waals surface area (Å²) < 4.78 is 24.1. The van der Waals surface area contributed by atoms with Crippen LogP contribution in [-0.2, 0) is 4.79 Å². The van der Waals surface area contributed by atoms with E-state index < -0.39 is 0 Å². The molecular formula is C24H24N4O6S3. The summed E-state index contributed by atoms with van der Waals surface area (Å²) in [6.45, 7) is 2.47. The molecule has 0 atom stereocenters. The summed E-state index contributed by atoms with van der Waals surface area (Å²) in [6.07, 6.45) is 0. The predicted octanol–water partition coefficient (Wildman–Crippen LogP) is 4.66. The van der Waals surface area contributed by atoms with Crippen LogP contribution < -0.4 is 29.8 Å². The molecule has 0 spiro atoms. The van der Waals surface area contributed by atoms with Gasteiger partial charge in [0.15, 0.2) is 26.3 Å². The number of rotatable bonds is 10. The third-order valence-corrected chi connectivity index (χ3v) is 7.35. The van der Waals surface area contributed by atoms with Crippen molar-refractivity contribution in [1.82, 2.24) is 14.5 Å². The summed E-state index contributed by atoms with van der Waals surface area (Å²) in [5.74, 6) is 1.67. The van der Waals surface area contributed by atoms with Crippen LogP contribution in [0, 0.1) is 3.95 Å². The summed E-state index contributed by atoms with van der Waals surface area (Å²) in [4.78, 5) is 32.7. The molecule has 0 unspecified atom stereocenters. The van der Waals surface area contributed by atoms with E-state index in [4.69, 9.17) is 31.2 Å². The average Bonchev–Trinajstić information content (AvgIpc) is 3.23. The van der Waals surface area contributed by atoms with Crippen LogP contribution in [0.3, 0.4) is 0 Å². The normalized spacial score (nSPS) is 10.8. The monoisotopic (exact) mass is 560 g/mol. The van der Waals surface area contributed by atoms with Crippen molar-refractivity contribution in [3.8, 4) is 28.7 Å². The second-order valence-electron chi connectivity index (χ2n) is 7.40. The number of H-pyrrole nitrogens is 1. The molecule has 0 saturated carbocycles. The number of ether oxygens (including phenoxy) is 4. The van der Waals surface area contributed by atoms with Gasteiger partial charge in [0.05, 0.1) is 33.7 Å². The lowest BCUT2D eigenvalue weighted by molar-refractivity contribution is -0.113. The van der Waals surface area contributed by atoms with E-state index in [2.05, 4.69) is 15.3 Å². The maximum atomic E-state index is 12.8. The maximum absolute atomic E-state index is 12.8. The van der Waals surface area contributed by atoms with Gasteiger partial charge < -0.3 is 29.2 Å². The molecule has 0 fully saturated rings. The van der Waals surface area contributed by atoms with Gasteiger partial charge in [0.2, 0.25) is 11.7 Å². The van der Waals surface area contributed by atoms with Crippen LogP contribution in [0.4, 0.5) is 5.69 Å². The number of thioether (sulfide) groups is 1. The number of nitrogens with zero attached hydrogens (tertiary/aromatic N) is 2. The Morgan fingerprint density at radius 3 is 2.41 bits per heavy atom. The lowest BCUT2D eigenvalue weighted by atomic mass is 10.2. The molecule has 37 heavy (non-hydrogen) atoms. The molecule has 0 saturated heterocycles. The first-order chi connectivity index (χ1) is 17.9. The molecule has 2 aromatic heterocycles. The number of nitrogens with one attached hydrogen (secondary N) is 2. The number of carbonyl (C=O) groups is 1. The van der Waals surface area contributed by atoms with Crippen molar-refractivity contribution in [3.63, 3.8) is 0 Å². The highest BCUT2D eigenvalue weighted by atomic mass is 32.2. The van der Waals surface area contributed by atoms with Crippen molar-refractivity contribution in [2.24, 2.45) is 0 Å². The molecule has 0 bridgehead atoms. The van der Waals surface area contributed by atoms with Gasteiger partial charge in [-0.1, -0.05) is 23.1 Å². The minimum absolute atomic E-state index is 0.000963. The Morgan fingerprint density at radius 2 is 1.81 bits per heavy atom. The second kappa shape index (κ2) is 11.7. The number of hydrogen-bond donors (Lipinski definition) is 2. The van der Waals surface area contributed by atoms with Crippen molar-refractivity contribution in [2.45, 2.75) is 12.1 Å². The Hall–Kier alpha value is -3.55. The molecule has 10 nitrogen and oxygen atoms in total. The van der Waals surface area contributed by atoms with E-state index in [1.807, 2.05) is 31.2 Å². The fourth-order valence-corrected chi connectivity index (χ4v) is 5.46. The van der Waals surface area contributed by atoms with Crippen LogP contribution in [0.1, 0.15) is 6.92 Å². The highest BCUT2D eigenvalue weighted by molar-refractivity contribution is 7.99. The molecule has 0 aliphatic rings. The quantitative estimate of drug-likeness (QED) is 0.162. The van der Waals surface area contributed by atoms with Gasteiger partial charge in [-0.15, -0.1) is 0 Å². The summed E-state index contributed by atoms with van der Waals surface area (Å²) in [5, 5.41) is 3.09. The molecule has 194 valence electrons. The van der Waals surface area contributed by atoms with Gasteiger partial charge in [-0.05, 0) is 43.4 Å². The summed E-state index contributed by atoms with van der Waals surface area (Å²) >= 11 is 7.79. The van der Waals surface area contributed by atoms with E-state index in [1.54, 1.807) is 16.7 Å². The number of aromatic nitrogens is 3. The number of aromatic amines is 1. The van der Waals surface area contributed by atoms with Gasteiger partial charge in [-0.2, -0.15) is 0 Å². The summed E-state index contributed by atoms with van der Waals surface area (Å²) in [5.41, 5.74) is 1.33. The van der Waals surface area contributed by atoms with Crippen LogP contribution >= 0.6 is 35.3 Å². The Morgan fingerprint density at radius 1 is 1.14 bits per heavy atom. The third kappa shape index (κ3) is 5.73. The molecule has 13 heteroatoms. The molecule has 0 radical (unpaired) electrons. The summed E-state index contributed by atoms with van der Waals surface area (Å²) in [6, 6.07) is 10.6. The van der Waals surface area contributed by atoms with Crippen LogP contribution in [0.25, 0.3) is 16.0 Å². The predicted molar refractivity (Wildman–Crippen MR) is 147 cm³/mol. The van der Waals surface area contributed by atoms with E-state index in [1.165, 1.54) is 32.7 Å². The fraction of sp³-hybridized carbons (Fsp3) is 0.250. The fourth-order valence-electron chi connectivity index (χ4n) is 3.53. The van der Waals surface area contributed by atoms with Crippen LogP contribution in [0.2, 0.25) is 0 Å². The SMILES string of the molecule is CCOc1ccc(-n2c(=S)sc3c(=O)[nH]c(SCC(=O)Nc4cc(OC)c(OC)c(OC)c4)nc32)cc1. The number of methoxy groups -OCH3 is 3. The van der Waals surface area contributed by atoms with Gasteiger partial charge in [-0.25, -0.2) is 4.98 Å². The van der Waals surface area contributed by atoms with Crippen molar-refractivity contribution < 1.29 is 23.7 Å². The molecule has 2 N–H and O–H groups in total. The van der Waals surface area contributed by atoms with Crippen molar-refractivity contribution in [1.29, 1.82) is 0 Å². The van der Waals surface area contributed by atoms with E-state index in [0.29, 0.717) is 49.0 Å². The highest BCUT2D eigenvalue weighted by Crippen LogP contribution is 2.40. The van der Waals surface area contributed by atoms with Crippen LogP contribution in [0.5, 0.6) is 23.0 Å². The summed E-state index contributed by atoms with van der Waals surface area (Å²) in [7, 11) is 4.49. The van der Waals surface area contributed by atoms with Gasteiger partial charge in [-0.3, -0.25) is 14.2 Å². The Bertz CT molecular complexity index is 1520. The number of carbonyl (C=O) groups excluding carboxylic acids is 1. The molecule has 2 aromatic carbocycles. The molecule has 4 aromatic rings. The minimum Gasteiger partial charge on any atom is -0.494 e. The Kier molecular flexibility index (Phi) is 8.36. The number of amides is 1. The first-order valence-corrected chi connectivity index (χ1v) is 13.2. The van der Waals surface area contributed by atoms with Gasteiger partial charge in [0.25, 0.3) is 5.56 Å². The van der Waals surface area contributed by atoms with Gasteiger partial charge in [0, 0.05) is 23.5 Å². The Balaban J connectivity index is 1.55. The molecule has 4 rings (SSSR count). The Labute approximate surface area is 225 Å². The van der Waals surface area contributed by atoms with Crippen LogP contribution in [0.15, 0.2) is 46.3 Å². The molecule has 2 heterocycles. The van der Waals surface area contributed by atoms with Gasteiger partial charge >= 0.3 is 0 Å². The number of thiazole rings is 1. The zero-order valence-corrected chi connectivity index (χ0v) is 22.9. The van der Waals surface area contributed by atoms with Crippen molar-refractivity contribution in [2.75, 3.05) is 39.0 Å². The number of benzene rings is 2. The molecular weight excluding hydrogens is 536 g/mol. The van der Waals surface area contributed by atoms with Crippen molar-refractivity contribution in [3.05, 3.63) is 50.7 Å². The number of fused-ring (bicyclic) bond motifs is 1. The number of hydrogen-bond acceptors (Lipinski definition) is 10. The molecule has 0 aliphatic carbocycles. The minimum atomic E-state index is -0.321. The van der Waals surface area contributed by atoms with Crippen LogP contribution in [-0.4, -0.2) is 54.1 Å². The van der Waals surface area contributed by atoms with E-state index in [0.717, 1.165) is 23.2 Å². The zero-order valence-electron chi connectivity index (χ0n) is 20.4. The van der Waals surface area contributed by atoms with E-state index in [9.17, 15) is 9.59 Å². The molecule has 0 aliphatic heterocycles. The first-order valence-electron chi connectivity index (χ1n) is 11.0. The first kappa shape index (κ1) is 26.5. The van der Waals surface area contributed by atoms with Crippen molar-refractivity contribution >= 4 is 57.3 Å². The third-order valence-electron chi connectivity index (χ3n) is 5.12. The van der Waals surface area contributed by atoms with E-state index >= 15 is 0 Å². The standard InChI is InChI=1S/C24H24N4O6S3/c1-5-34-15-8-6-14(7-9-15)28-21-20(37-24(28)35)22(30)27-23(26-21)36-12-18(29)25-13-10-16(31-2)19(33-4)17(11-13)32-3/h6-11H,5,12H2,1-4H3,(H,25,29)(H,26,27,30). The number of anilines is 1. The van der Waals surface area contributed by atoms with E-state index in [-0.39, 0.29) is 17.2 Å². The topological polar surface area (TPSA) is 117 Å². The lowest BCUT2D eigenvalue weighted by Crippen LogP contribution is -2.16. The lowest BCUT2D eigenvalue weighted by Gasteiger charge is -2.14. The molecule has 1 amide bonds. The largest absolute Gasteiger partial charge is 0.494 e. The second-order valence-corrected chi connectivity index (χ2v) is 10.0. The maximum Gasteiger partial charge on any atom is 0.271 e. The smallest absolute Gasteiger partial charge is 0.271 e. The highest BCUT2D eigenvalue weighted by Gasteiger charge is 2.17.